The zero-order valence-electron chi connectivity index (χ0n) is 14.0. The molecule has 1 amide bonds. The number of benzene rings is 1. The Morgan fingerprint density at radius 2 is 1.83 bits per heavy atom. The van der Waals surface area contributed by atoms with Gasteiger partial charge in [0, 0.05) is 6.42 Å². The molecule has 7 nitrogen and oxygen atoms in total. The summed E-state index contributed by atoms with van der Waals surface area (Å²) in [6, 6.07) is 7.93. The zero-order valence-corrected chi connectivity index (χ0v) is 14.0. The molecule has 0 unspecified atom stereocenters. The molecule has 24 heavy (non-hydrogen) atoms. The summed E-state index contributed by atoms with van der Waals surface area (Å²) in [6.07, 6.45) is -0.00432. The van der Waals surface area contributed by atoms with Crippen molar-refractivity contribution in [1.82, 2.24) is 5.32 Å². The topological polar surface area (TPSA) is 108 Å². The van der Waals surface area contributed by atoms with Crippen LogP contribution in [0.3, 0.4) is 0 Å². The quantitative estimate of drug-likeness (QED) is 0.604. The van der Waals surface area contributed by atoms with Gasteiger partial charge in [-0.1, -0.05) is 30.3 Å². The van der Waals surface area contributed by atoms with E-state index < -0.39 is 24.0 Å². The minimum atomic E-state index is -0.871. The van der Waals surface area contributed by atoms with Crippen LogP contribution in [0.25, 0.3) is 0 Å². The Balaban J connectivity index is 2.29. The highest BCUT2D eigenvalue weighted by molar-refractivity contribution is 5.91. The van der Waals surface area contributed by atoms with Crippen molar-refractivity contribution in [3.05, 3.63) is 35.9 Å². The van der Waals surface area contributed by atoms with E-state index in [1.54, 1.807) is 6.92 Å². The van der Waals surface area contributed by atoms with Crippen LogP contribution in [-0.4, -0.2) is 43.5 Å². The third kappa shape index (κ3) is 7.34. The third-order valence-corrected chi connectivity index (χ3v) is 3.39. The number of esters is 1. The highest BCUT2D eigenvalue weighted by atomic mass is 16.5. The summed E-state index contributed by atoms with van der Waals surface area (Å²) >= 11 is 0. The number of carbonyl (C=O) groups excluding carboxylic acids is 3. The molecule has 1 aromatic rings. The first-order valence-corrected chi connectivity index (χ1v) is 7.71. The first-order valence-electron chi connectivity index (χ1n) is 7.71. The second kappa shape index (κ2) is 10.5. The molecular formula is C17H24N2O5. The molecule has 0 aliphatic heterocycles. The summed E-state index contributed by atoms with van der Waals surface area (Å²) in [5.74, 6) is -1.19. The van der Waals surface area contributed by atoms with Gasteiger partial charge in [-0.3, -0.25) is 14.4 Å². The molecule has 0 saturated carbocycles. The summed E-state index contributed by atoms with van der Waals surface area (Å²) in [6.45, 7) is 1.95. The number of carbonyl (C=O) groups is 3. The summed E-state index contributed by atoms with van der Waals surface area (Å²) in [4.78, 5) is 34.8. The SMILES string of the molecule is COC(=O)CCC(=O)[C@@H](C)NC(=O)[C@H](N)COCc1ccccc1. The minimum Gasteiger partial charge on any atom is -0.469 e. The largest absolute Gasteiger partial charge is 0.469 e. The predicted molar refractivity (Wildman–Crippen MR) is 87.9 cm³/mol. The van der Waals surface area contributed by atoms with Gasteiger partial charge in [0.25, 0.3) is 0 Å². The van der Waals surface area contributed by atoms with E-state index in [2.05, 4.69) is 10.1 Å². The van der Waals surface area contributed by atoms with Gasteiger partial charge in [0.1, 0.15) is 6.04 Å². The van der Waals surface area contributed by atoms with E-state index in [9.17, 15) is 14.4 Å². The maximum absolute atomic E-state index is 11.9. The van der Waals surface area contributed by atoms with Crippen LogP contribution >= 0.6 is 0 Å². The fraction of sp³-hybridized carbons (Fsp3) is 0.471. The van der Waals surface area contributed by atoms with Crippen LogP contribution in [0.2, 0.25) is 0 Å². The van der Waals surface area contributed by atoms with Crippen LogP contribution in [0.15, 0.2) is 30.3 Å². The molecular weight excluding hydrogens is 312 g/mol. The number of nitrogens with one attached hydrogen (secondary N) is 1. The van der Waals surface area contributed by atoms with Gasteiger partial charge < -0.3 is 20.5 Å². The molecule has 1 rings (SSSR count). The van der Waals surface area contributed by atoms with Crippen molar-refractivity contribution in [3.63, 3.8) is 0 Å². The van der Waals surface area contributed by atoms with Gasteiger partial charge in [0.05, 0.1) is 32.8 Å². The van der Waals surface area contributed by atoms with Gasteiger partial charge in [0.2, 0.25) is 5.91 Å². The Hall–Kier alpha value is -2.25. The molecule has 0 bridgehead atoms. The maximum atomic E-state index is 11.9. The van der Waals surface area contributed by atoms with Gasteiger partial charge in [0.15, 0.2) is 5.78 Å². The van der Waals surface area contributed by atoms with Crippen LogP contribution in [0.1, 0.15) is 25.3 Å². The lowest BCUT2D eigenvalue weighted by atomic mass is 10.1. The second-order valence-electron chi connectivity index (χ2n) is 5.38. The molecule has 3 N–H and O–H groups in total. The van der Waals surface area contributed by atoms with Crippen molar-refractivity contribution in [1.29, 1.82) is 0 Å². The lowest BCUT2D eigenvalue weighted by molar-refractivity contribution is -0.142. The summed E-state index contributed by atoms with van der Waals surface area (Å²) in [7, 11) is 1.26. The Labute approximate surface area is 141 Å². The molecule has 1 aromatic carbocycles. The number of nitrogens with two attached hydrogens (primary N) is 1. The van der Waals surface area contributed by atoms with E-state index in [-0.39, 0.29) is 25.2 Å². The van der Waals surface area contributed by atoms with Crippen molar-refractivity contribution in [2.24, 2.45) is 5.73 Å². The Bertz CT molecular complexity index is 547. The smallest absolute Gasteiger partial charge is 0.305 e. The van der Waals surface area contributed by atoms with Crippen LogP contribution in [0.4, 0.5) is 0 Å². The van der Waals surface area contributed by atoms with Crippen molar-refractivity contribution in [2.75, 3.05) is 13.7 Å². The minimum absolute atomic E-state index is 0.00780. The molecule has 0 spiro atoms. The van der Waals surface area contributed by atoms with Gasteiger partial charge in [-0.2, -0.15) is 0 Å². The molecule has 0 heterocycles. The van der Waals surface area contributed by atoms with Crippen molar-refractivity contribution in [2.45, 2.75) is 38.5 Å². The number of hydrogen-bond acceptors (Lipinski definition) is 6. The fourth-order valence-electron chi connectivity index (χ4n) is 1.90. The van der Waals surface area contributed by atoms with E-state index >= 15 is 0 Å². The molecule has 0 aromatic heterocycles. The van der Waals surface area contributed by atoms with E-state index in [0.717, 1.165) is 5.56 Å². The van der Waals surface area contributed by atoms with E-state index in [1.165, 1.54) is 7.11 Å². The zero-order chi connectivity index (χ0) is 17.9. The van der Waals surface area contributed by atoms with Crippen LogP contribution in [0.5, 0.6) is 0 Å². The highest BCUT2D eigenvalue weighted by Gasteiger charge is 2.20. The standard InChI is InChI=1S/C17H24N2O5/c1-12(15(20)8-9-16(21)23-2)19-17(22)14(18)11-24-10-13-6-4-3-5-7-13/h3-7,12,14H,8-11,18H2,1-2H3,(H,19,22)/t12-,14-/m1/s1. The number of Topliss-reactive ketones (excluding diaryl/α,β-unsaturated/α-hetero) is 1. The number of ether oxygens (including phenoxy) is 2. The second-order valence-corrected chi connectivity index (χ2v) is 5.38. The normalized spacial score (nSPS) is 13.0. The molecule has 2 atom stereocenters. The fourth-order valence-corrected chi connectivity index (χ4v) is 1.90. The van der Waals surface area contributed by atoms with Crippen molar-refractivity contribution in [3.8, 4) is 0 Å². The Morgan fingerprint density at radius 1 is 1.17 bits per heavy atom. The summed E-state index contributed by atoms with van der Waals surface area (Å²) in [5.41, 5.74) is 6.73. The average Bonchev–Trinajstić information content (AvgIpc) is 2.59. The monoisotopic (exact) mass is 336 g/mol. The van der Waals surface area contributed by atoms with Crippen molar-refractivity contribution >= 4 is 17.7 Å². The van der Waals surface area contributed by atoms with Gasteiger partial charge in [-0.25, -0.2) is 0 Å². The molecule has 0 fully saturated rings. The van der Waals surface area contributed by atoms with Crippen LogP contribution in [0, 0.1) is 0 Å². The number of methoxy groups -OCH3 is 1. The molecule has 7 heteroatoms. The number of rotatable bonds is 10. The number of amides is 1. The summed E-state index contributed by atoms with van der Waals surface area (Å²) in [5, 5.41) is 2.52. The van der Waals surface area contributed by atoms with Gasteiger partial charge in [-0.15, -0.1) is 0 Å². The highest BCUT2D eigenvalue weighted by Crippen LogP contribution is 2.01. The van der Waals surface area contributed by atoms with E-state index in [0.29, 0.717) is 6.61 Å². The lowest BCUT2D eigenvalue weighted by Gasteiger charge is -2.17. The van der Waals surface area contributed by atoms with Crippen LogP contribution < -0.4 is 11.1 Å². The first-order chi connectivity index (χ1) is 11.4. The van der Waals surface area contributed by atoms with E-state index in [4.69, 9.17) is 10.5 Å². The summed E-state index contributed by atoms with van der Waals surface area (Å²) < 4.78 is 9.87. The Kier molecular flexibility index (Phi) is 8.67. The van der Waals surface area contributed by atoms with E-state index in [1.807, 2.05) is 30.3 Å². The van der Waals surface area contributed by atoms with Gasteiger partial charge in [-0.05, 0) is 12.5 Å². The van der Waals surface area contributed by atoms with Crippen LogP contribution in [-0.2, 0) is 30.5 Å². The molecule has 0 radical (unpaired) electrons. The van der Waals surface area contributed by atoms with Gasteiger partial charge >= 0.3 is 5.97 Å². The number of hydrogen-bond donors (Lipinski definition) is 2. The first kappa shape index (κ1) is 19.8. The maximum Gasteiger partial charge on any atom is 0.305 e. The lowest BCUT2D eigenvalue weighted by Crippen LogP contribution is -2.49. The van der Waals surface area contributed by atoms with Crippen molar-refractivity contribution < 1.29 is 23.9 Å². The average molecular weight is 336 g/mol. The predicted octanol–water partition coefficient (Wildman–Crippen LogP) is 0.558. The molecule has 0 saturated heterocycles. The third-order valence-electron chi connectivity index (χ3n) is 3.39. The molecule has 0 aliphatic rings. The molecule has 132 valence electrons. The number of ketones is 1. The molecule has 0 aliphatic carbocycles. The Morgan fingerprint density at radius 3 is 2.46 bits per heavy atom.